The van der Waals surface area contributed by atoms with Gasteiger partial charge in [-0.1, -0.05) is 55.1 Å². The van der Waals surface area contributed by atoms with E-state index in [0.717, 1.165) is 29.0 Å². The molecule has 1 N–H and O–H groups in total. The molecule has 1 aliphatic rings. The molecule has 1 aliphatic carbocycles. The molecule has 2 heterocycles. The second kappa shape index (κ2) is 12.3. The van der Waals surface area contributed by atoms with Gasteiger partial charge in [0.15, 0.2) is 0 Å². The first-order chi connectivity index (χ1) is 19.0. The standard InChI is InChI=1S/C31H32ClN3O4/c1-38-31(37)27(17-21-7-14-26(15-8-21)39-20-22-5-3-2-4-6-22)34-30(36)28-19-35-18-24(11-16-29(35)33-28)23-9-12-25(32)13-10-23/h7-16,18-19,22,27H,2-6,17,20H2,1H3,(H,34,36). The number of nitrogens with zero attached hydrogens (tertiary/aromatic N) is 2. The number of pyridine rings is 1. The number of methoxy groups -OCH3 is 1. The van der Waals surface area contributed by atoms with Gasteiger partial charge >= 0.3 is 5.97 Å². The highest BCUT2D eigenvalue weighted by Crippen LogP contribution is 2.25. The lowest BCUT2D eigenvalue weighted by molar-refractivity contribution is -0.142. The number of aromatic nitrogens is 2. The van der Waals surface area contributed by atoms with Crippen molar-refractivity contribution in [1.82, 2.24) is 14.7 Å². The highest BCUT2D eigenvalue weighted by molar-refractivity contribution is 6.30. The summed E-state index contributed by atoms with van der Waals surface area (Å²) in [6.45, 7) is 0.737. The second-order valence-corrected chi connectivity index (χ2v) is 10.5. The number of carbonyl (C=O) groups excluding carboxylic acids is 2. The van der Waals surface area contributed by atoms with Gasteiger partial charge in [0.2, 0.25) is 0 Å². The summed E-state index contributed by atoms with van der Waals surface area (Å²) < 4.78 is 12.7. The maximum Gasteiger partial charge on any atom is 0.328 e. The van der Waals surface area contributed by atoms with Gasteiger partial charge in [-0.2, -0.15) is 0 Å². The zero-order valence-corrected chi connectivity index (χ0v) is 22.7. The summed E-state index contributed by atoms with van der Waals surface area (Å²) in [5.74, 6) is 0.468. The predicted molar refractivity (Wildman–Crippen MR) is 151 cm³/mol. The third kappa shape index (κ3) is 6.79. The van der Waals surface area contributed by atoms with Gasteiger partial charge in [0.25, 0.3) is 5.91 Å². The van der Waals surface area contributed by atoms with Gasteiger partial charge in [-0.3, -0.25) is 4.79 Å². The molecule has 39 heavy (non-hydrogen) atoms. The van der Waals surface area contributed by atoms with Crippen LogP contribution in [0.5, 0.6) is 5.75 Å². The first-order valence-corrected chi connectivity index (χ1v) is 13.7. The molecule has 2 aromatic carbocycles. The Morgan fingerprint density at radius 3 is 2.41 bits per heavy atom. The van der Waals surface area contributed by atoms with Crippen molar-refractivity contribution in [3.8, 4) is 16.9 Å². The third-order valence-electron chi connectivity index (χ3n) is 7.23. The Balaban J connectivity index is 1.24. The van der Waals surface area contributed by atoms with Crippen LogP contribution in [0.25, 0.3) is 16.8 Å². The SMILES string of the molecule is COC(=O)C(Cc1ccc(OCC2CCCCC2)cc1)NC(=O)c1cn2cc(-c3ccc(Cl)cc3)ccc2n1. The topological polar surface area (TPSA) is 81.9 Å². The first-order valence-electron chi connectivity index (χ1n) is 13.3. The lowest BCUT2D eigenvalue weighted by Crippen LogP contribution is -2.43. The van der Waals surface area contributed by atoms with Crippen molar-refractivity contribution in [2.45, 2.75) is 44.6 Å². The van der Waals surface area contributed by atoms with Gasteiger partial charge in [0.1, 0.15) is 23.1 Å². The number of nitrogens with one attached hydrogen (secondary N) is 1. The zero-order valence-electron chi connectivity index (χ0n) is 21.9. The van der Waals surface area contributed by atoms with Gasteiger partial charge in [-0.05, 0) is 71.8 Å². The molecule has 1 saturated carbocycles. The number of esters is 1. The molecule has 2 aromatic heterocycles. The number of carbonyl (C=O) groups is 2. The molecular formula is C31H32ClN3O4. The molecule has 1 amide bonds. The molecule has 202 valence electrons. The van der Waals surface area contributed by atoms with Crippen LogP contribution < -0.4 is 10.1 Å². The predicted octanol–water partition coefficient (Wildman–Crippen LogP) is 6.13. The minimum Gasteiger partial charge on any atom is -0.493 e. The Bertz CT molecular complexity index is 1430. The maximum atomic E-state index is 13.1. The van der Waals surface area contributed by atoms with E-state index >= 15 is 0 Å². The van der Waals surface area contributed by atoms with Crippen LogP contribution in [0.2, 0.25) is 5.02 Å². The monoisotopic (exact) mass is 545 g/mol. The number of halogens is 1. The molecule has 8 heteroatoms. The molecule has 4 aromatic rings. The number of ether oxygens (including phenoxy) is 2. The smallest absolute Gasteiger partial charge is 0.328 e. The number of benzene rings is 2. The molecule has 0 radical (unpaired) electrons. The van der Waals surface area contributed by atoms with Crippen LogP contribution in [0.4, 0.5) is 0 Å². The van der Waals surface area contributed by atoms with Gasteiger partial charge in [-0.25, -0.2) is 9.78 Å². The lowest BCUT2D eigenvalue weighted by Gasteiger charge is -2.21. The van der Waals surface area contributed by atoms with E-state index in [4.69, 9.17) is 21.1 Å². The summed E-state index contributed by atoms with van der Waals surface area (Å²) >= 11 is 6.01. The normalized spacial score (nSPS) is 14.6. The van der Waals surface area contributed by atoms with Gasteiger partial charge in [-0.15, -0.1) is 0 Å². The van der Waals surface area contributed by atoms with Crippen LogP contribution in [-0.2, 0) is 16.0 Å². The molecule has 1 atom stereocenters. The Morgan fingerprint density at radius 2 is 1.69 bits per heavy atom. The summed E-state index contributed by atoms with van der Waals surface area (Å²) in [4.78, 5) is 30.1. The van der Waals surface area contributed by atoms with E-state index in [1.807, 2.05) is 66.9 Å². The molecule has 0 bridgehead atoms. The third-order valence-corrected chi connectivity index (χ3v) is 7.48. The quantitative estimate of drug-likeness (QED) is 0.256. The van der Waals surface area contributed by atoms with E-state index in [1.54, 1.807) is 10.6 Å². The number of rotatable bonds is 9. The molecule has 1 fully saturated rings. The molecule has 5 rings (SSSR count). The Morgan fingerprint density at radius 1 is 0.974 bits per heavy atom. The van der Waals surface area contributed by atoms with E-state index in [-0.39, 0.29) is 12.1 Å². The maximum absolute atomic E-state index is 13.1. The number of amides is 1. The fourth-order valence-corrected chi connectivity index (χ4v) is 5.13. The van der Waals surface area contributed by atoms with Crippen molar-refractivity contribution in [3.05, 3.63) is 89.3 Å². The Labute approximate surface area is 233 Å². The average molecular weight is 546 g/mol. The number of hydrogen-bond donors (Lipinski definition) is 1. The minimum atomic E-state index is -0.856. The van der Waals surface area contributed by atoms with E-state index < -0.39 is 17.9 Å². The number of hydrogen-bond acceptors (Lipinski definition) is 5. The highest BCUT2D eigenvalue weighted by atomic mass is 35.5. The molecule has 0 aliphatic heterocycles. The van der Waals surface area contributed by atoms with Crippen molar-refractivity contribution in [2.75, 3.05) is 13.7 Å². The molecule has 1 unspecified atom stereocenters. The minimum absolute atomic E-state index is 0.212. The van der Waals surface area contributed by atoms with Crippen LogP contribution in [0.3, 0.4) is 0 Å². The molecule has 0 spiro atoms. The number of fused-ring (bicyclic) bond motifs is 1. The van der Waals surface area contributed by atoms with Gasteiger partial charge in [0.05, 0.1) is 13.7 Å². The highest BCUT2D eigenvalue weighted by Gasteiger charge is 2.24. The van der Waals surface area contributed by atoms with Crippen LogP contribution >= 0.6 is 11.6 Å². The van der Waals surface area contributed by atoms with Crippen molar-refractivity contribution in [3.63, 3.8) is 0 Å². The van der Waals surface area contributed by atoms with Crippen molar-refractivity contribution < 1.29 is 19.1 Å². The van der Waals surface area contributed by atoms with Crippen molar-refractivity contribution in [1.29, 1.82) is 0 Å². The summed E-state index contributed by atoms with van der Waals surface area (Å²) in [7, 11) is 1.31. The molecular weight excluding hydrogens is 514 g/mol. The molecule has 0 saturated heterocycles. The van der Waals surface area contributed by atoms with Crippen molar-refractivity contribution >= 4 is 29.1 Å². The van der Waals surface area contributed by atoms with E-state index in [9.17, 15) is 9.59 Å². The largest absolute Gasteiger partial charge is 0.493 e. The van der Waals surface area contributed by atoms with E-state index in [1.165, 1.54) is 39.2 Å². The summed E-state index contributed by atoms with van der Waals surface area (Å²) in [6, 6.07) is 18.1. The Kier molecular flexibility index (Phi) is 8.47. The fourth-order valence-electron chi connectivity index (χ4n) is 5.01. The summed E-state index contributed by atoms with van der Waals surface area (Å²) in [5.41, 5.74) is 3.68. The summed E-state index contributed by atoms with van der Waals surface area (Å²) in [5, 5.41) is 3.46. The Hall–Kier alpha value is -3.84. The lowest BCUT2D eigenvalue weighted by atomic mass is 9.90. The van der Waals surface area contributed by atoms with Crippen LogP contribution in [-0.4, -0.2) is 41.0 Å². The van der Waals surface area contributed by atoms with Crippen molar-refractivity contribution in [2.24, 2.45) is 5.92 Å². The fraction of sp³-hybridized carbons (Fsp3) is 0.323. The van der Waals surface area contributed by atoms with Gasteiger partial charge < -0.3 is 19.2 Å². The summed E-state index contributed by atoms with van der Waals surface area (Å²) in [6.07, 6.45) is 10.2. The van der Waals surface area contributed by atoms with E-state index in [2.05, 4.69) is 10.3 Å². The first kappa shape index (κ1) is 26.8. The van der Waals surface area contributed by atoms with E-state index in [0.29, 0.717) is 16.6 Å². The zero-order chi connectivity index (χ0) is 27.2. The van der Waals surface area contributed by atoms with Crippen LogP contribution in [0, 0.1) is 5.92 Å². The van der Waals surface area contributed by atoms with Crippen LogP contribution in [0.1, 0.15) is 48.2 Å². The number of imidazole rings is 1. The van der Waals surface area contributed by atoms with Crippen LogP contribution in [0.15, 0.2) is 73.1 Å². The molecule has 7 nitrogen and oxygen atoms in total. The van der Waals surface area contributed by atoms with Gasteiger partial charge in [0, 0.05) is 23.8 Å². The average Bonchev–Trinajstić information content (AvgIpc) is 3.41. The second-order valence-electron chi connectivity index (χ2n) is 10.0.